The lowest BCUT2D eigenvalue weighted by Crippen LogP contribution is -1.91. The van der Waals surface area contributed by atoms with Gasteiger partial charge in [0.15, 0.2) is 0 Å². The van der Waals surface area contributed by atoms with Crippen LogP contribution in [0.4, 0.5) is 0 Å². The zero-order valence-corrected chi connectivity index (χ0v) is 11.0. The van der Waals surface area contributed by atoms with E-state index in [0.717, 1.165) is 10.9 Å². The van der Waals surface area contributed by atoms with Crippen LogP contribution in [0.5, 0.6) is 11.6 Å². The number of ether oxygens (including phenoxy) is 1. The molecule has 0 saturated heterocycles. The van der Waals surface area contributed by atoms with Crippen molar-refractivity contribution in [2.24, 2.45) is 0 Å². The standard InChI is InChI=1S/C15H8ClN3O/c16-14-7-10(9-17)8-15(19-14)20-13-5-1-4-12-11(13)3-2-6-18-12/h1-8H. The molecule has 0 unspecified atom stereocenters. The Kier molecular flexibility index (Phi) is 3.20. The van der Waals surface area contributed by atoms with Gasteiger partial charge in [0.25, 0.3) is 0 Å². The molecule has 2 aromatic heterocycles. The molecule has 0 bridgehead atoms. The minimum absolute atomic E-state index is 0.220. The number of aromatic nitrogens is 2. The number of rotatable bonds is 2. The number of hydrogen-bond acceptors (Lipinski definition) is 4. The summed E-state index contributed by atoms with van der Waals surface area (Å²) in [6, 6.07) is 14.3. The Balaban J connectivity index is 2.06. The Morgan fingerprint density at radius 3 is 2.90 bits per heavy atom. The average Bonchev–Trinajstić information content (AvgIpc) is 2.47. The average molecular weight is 282 g/mol. The monoisotopic (exact) mass is 281 g/mol. The molecule has 0 aliphatic rings. The van der Waals surface area contributed by atoms with E-state index < -0.39 is 0 Å². The topological polar surface area (TPSA) is 58.8 Å². The Hall–Kier alpha value is -2.64. The van der Waals surface area contributed by atoms with E-state index >= 15 is 0 Å². The van der Waals surface area contributed by atoms with Gasteiger partial charge in [0.05, 0.1) is 17.1 Å². The van der Waals surface area contributed by atoms with Gasteiger partial charge in [-0.25, -0.2) is 4.98 Å². The van der Waals surface area contributed by atoms with E-state index in [1.807, 2.05) is 36.4 Å². The fraction of sp³-hybridized carbons (Fsp3) is 0. The fourth-order valence-corrected chi connectivity index (χ4v) is 2.07. The second-order valence-corrected chi connectivity index (χ2v) is 4.44. The van der Waals surface area contributed by atoms with Crippen molar-refractivity contribution in [1.29, 1.82) is 5.26 Å². The molecule has 0 saturated carbocycles. The highest BCUT2D eigenvalue weighted by molar-refractivity contribution is 6.29. The van der Waals surface area contributed by atoms with Gasteiger partial charge in [0.2, 0.25) is 5.88 Å². The van der Waals surface area contributed by atoms with Crippen LogP contribution in [0.1, 0.15) is 5.56 Å². The lowest BCUT2D eigenvalue weighted by atomic mass is 10.2. The number of nitrogens with zero attached hydrogens (tertiary/aromatic N) is 3. The first-order valence-electron chi connectivity index (χ1n) is 5.85. The predicted molar refractivity (Wildman–Crippen MR) is 75.8 cm³/mol. The van der Waals surface area contributed by atoms with Crippen LogP contribution < -0.4 is 4.74 Å². The summed E-state index contributed by atoms with van der Waals surface area (Å²) in [6.07, 6.45) is 1.72. The van der Waals surface area contributed by atoms with Crippen molar-refractivity contribution in [1.82, 2.24) is 9.97 Å². The number of nitriles is 1. The second kappa shape index (κ2) is 5.16. The van der Waals surface area contributed by atoms with Gasteiger partial charge in [-0.05, 0) is 30.3 Å². The zero-order valence-electron chi connectivity index (χ0n) is 10.2. The van der Waals surface area contributed by atoms with E-state index in [-0.39, 0.29) is 11.0 Å². The van der Waals surface area contributed by atoms with E-state index in [9.17, 15) is 0 Å². The third-order valence-corrected chi connectivity index (χ3v) is 2.91. The van der Waals surface area contributed by atoms with Crippen LogP contribution in [-0.2, 0) is 0 Å². The molecular formula is C15H8ClN3O. The van der Waals surface area contributed by atoms with Crippen LogP contribution in [0, 0.1) is 11.3 Å². The summed E-state index contributed by atoms with van der Waals surface area (Å²) in [5.41, 5.74) is 1.23. The summed E-state index contributed by atoms with van der Waals surface area (Å²) < 4.78 is 5.73. The fourth-order valence-electron chi connectivity index (χ4n) is 1.87. The maximum Gasteiger partial charge on any atom is 0.221 e. The highest BCUT2D eigenvalue weighted by atomic mass is 35.5. The Labute approximate surface area is 120 Å². The summed E-state index contributed by atoms with van der Waals surface area (Å²) in [5, 5.41) is 10.0. The Morgan fingerprint density at radius 1 is 1.15 bits per heavy atom. The molecule has 0 aliphatic carbocycles. The van der Waals surface area contributed by atoms with Crippen molar-refractivity contribution in [2.75, 3.05) is 0 Å². The Morgan fingerprint density at radius 2 is 2.05 bits per heavy atom. The van der Waals surface area contributed by atoms with Crippen molar-refractivity contribution in [3.63, 3.8) is 0 Å². The third kappa shape index (κ3) is 2.40. The molecule has 3 aromatic rings. The molecule has 2 heterocycles. The molecule has 3 rings (SSSR count). The molecule has 96 valence electrons. The second-order valence-electron chi connectivity index (χ2n) is 4.06. The van der Waals surface area contributed by atoms with E-state index in [0.29, 0.717) is 11.3 Å². The van der Waals surface area contributed by atoms with Crippen LogP contribution in [0.15, 0.2) is 48.7 Å². The molecule has 0 spiro atoms. The highest BCUT2D eigenvalue weighted by Crippen LogP contribution is 2.28. The molecular weight excluding hydrogens is 274 g/mol. The van der Waals surface area contributed by atoms with Crippen LogP contribution in [0.3, 0.4) is 0 Å². The summed E-state index contributed by atoms with van der Waals surface area (Å²) in [7, 11) is 0. The molecule has 0 fully saturated rings. The molecule has 0 atom stereocenters. The van der Waals surface area contributed by atoms with E-state index in [1.54, 1.807) is 12.3 Å². The molecule has 5 heteroatoms. The molecule has 20 heavy (non-hydrogen) atoms. The summed E-state index contributed by atoms with van der Waals surface area (Å²) in [4.78, 5) is 8.31. The SMILES string of the molecule is N#Cc1cc(Cl)nc(Oc2cccc3ncccc23)c1. The van der Waals surface area contributed by atoms with Gasteiger partial charge < -0.3 is 4.74 Å². The van der Waals surface area contributed by atoms with E-state index in [4.69, 9.17) is 21.6 Å². The number of fused-ring (bicyclic) bond motifs is 1. The lowest BCUT2D eigenvalue weighted by Gasteiger charge is -2.08. The van der Waals surface area contributed by atoms with Gasteiger partial charge in [-0.1, -0.05) is 17.7 Å². The first kappa shape index (κ1) is 12.4. The molecule has 0 aliphatic heterocycles. The van der Waals surface area contributed by atoms with Crippen LogP contribution >= 0.6 is 11.6 Å². The quantitative estimate of drug-likeness (QED) is 0.667. The summed E-state index contributed by atoms with van der Waals surface area (Å²) in [5.74, 6) is 0.902. The van der Waals surface area contributed by atoms with Gasteiger partial charge in [0, 0.05) is 17.6 Å². The van der Waals surface area contributed by atoms with E-state index in [2.05, 4.69) is 9.97 Å². The van der Waals surface area contributed by atoms with Crippen molar-refractivity contribution in [3.8, 4) is 17.7 Å². The first-order valence-corrected chi connectivity index (χ1v) is 6.23. The van der Waals surface area contributed by atoms with Gasteiger partial charge >= 0.3 is 0 Å². The minimum Gasteiger partial charge on any atom is -0.438 e. The van der Waals surface area contributed by atoms with Crippen molar-refractivity contribution < 1.29 is 4.74 Å². The third-order valence-electron chi connectivity index (χ3n) is 2.72. The minimum atomic E-state index is 0.220. The number of benzene rings is 1. The summed E-state index contributed by atoms with van der Waals surface area (Å²) in [6.45, 7) is 0. The number of pyridine rings is 2. The van der Waals surface area contributed by atoms with E-state index in [1.165, 1.54) is 6.07 Å². The van der Waals surface area contributed by atoms with Crippen molar-refractivity contribution >= 4 is 22.5 Å². The first-order chi connectivity index (χ1) is 9.76. The molecule has 0 N–H and O–H groups in total. The van der Waals surface area contributed by atoms with Crippen LogP contribution in [-0.4, -0.2) is 9.97 Å². The smallest absolute Gasteiger partial charge is 0.221 e. The lowest BCUT2D eigenvalue weighted by molar-refractivity contribution is 0.468. The van der Waals surface area contributed by atoms with Gasteiger partial charge in [-0.2, -0.15) is 5.26 Å². The zero-order chi connectivity index (χ0) is 13.9. The predicted octanol–water partition coefficient (Wildman–Crippen LogP) is 3.95. The van der Waals surface area contributed by atoms with Crippen molar-refractivity contribution in [2.45, 2.75) is 0 Å². The summed E-state index contributed by atoms with van der Waals surface area (Å²) >= 11 is 5.86. The maximum atomic E-state index is 8.92. The largest absolute Gasteiger partial charge is 0.438 e. The highest BCUT2D eigenvalue weighted by Gasteiger charge is 2.07. The number of hydrogen-bond donors (Lipinski definition) is 0. The molecule has 4 nitrogen and oxygen atoms in total. The van der Waals surface area contributed by atoms with Crippen LogP contribution in [0.2, 0.25) is 5.15 Å². The number of halogens is 1. The molecule has 0 radical (unpaired) electrons. The van der Waals surface area contributed by atoms with Crippen LogP contribution in [0.25, 0.3) is 10.9 Å². The van der Waals surface area contributed by atoms with Crippen molar-refractivity contribution in [3.05, 3.63) is 59.4 Å². The van der Waals surface area contributed by atoms with Gasteiger partial charge in [-0.15, -0.1) is 0 Å². The molecule has 0 amide bonds. The molecule has 1 aromatic carbocycles. The van der Waals surface area contributed by atoms with Gasteiger partial charge in [0.1, 0.15) is 10.9 Å². The Bertz CT molecular complexity index is 821. The normalized spacial score (nSPS) is 10.2. The van der Waals surface area contributed by atoms with Gasteiger partial charge in [-0.3, -0.25) is 4.98 Å². The maximum absolute atomic E-state index is 8.92.